The molecule has 0 amide bonds. The summed E-state index contributed by atoms with van der Waals surface area (Å²) in [5, 5.41) is 2.95. The van der Waals surface area contributed by atoms with Gasteiger partial charge in [0.25, 0.3) is 0 Å². The smallest absolute Gasteiger partial charge is 0.161 e. The van der Waals surface area contributed by atoms with Crippen molar-refractivity contribution >= 4 is 11.8 Å². The molecule has 0 heterocycles. The van der Waals surface area contributed by atoms with Crippen LogP contribution in [0.3, 0.4) is 0 Å². The third-order valence-corrected chi connectivity index (χ3v) is 3.90. The van der Waals surface area contributed by atoms with Crippen LogP contribution in [0.5, 0.6) is 0 Å². The zero-order valence-corrected chi connectivity index (χ0v) is 11.9. The van der Waals surface area contributed by atoms with Crippen LogP contribution in [0.4, 0.5) is 13.2 Å². The normalized spacial score (nSPS) is 12.4. The van der Waals surface area contributed by atoms with Crippen molar-refractivity contribution in [3.05, 3.63) is 65.0 Å². The van der Waals surface area contributed by atoms with Gasteiger partial charge in [0, 0.05) is 16.5 Å². The van der Waals surface area contributed by atoms with Gasteiger partial charge in [-0.25, -0.2) is 13.2 Å². The van der Waals surface area contributed by atoms with Gasteiger partial charge in [0.2, 0.25) is 0 Å². The average molecular weight is 297 g/mol. The van der Waals surface area contributed by atoms with E-state index in [1.54, 1.807) is 7.05 Å². The standard InChI is InChI=1S/C15H14F3NS/c1-19-15(9-5-3-4-6-14(9)20-2)10-7-12(17)13(18)8-11(10)16/h3-8,15,19H,1-2H3. The molecule has 0 radical (unpaired) electrons. The Morgan fingerprint density at radius 2 is 1.60 bits per heavy atom. The van der Waals surface area contributed by atoms with Crippen LogP contribution in [0.25, 0.3) is 0 Å². The van der Waals surface area contributed by atoms with E-state index in [4.69, 9.17) is 0 Å². The molecular weight excluding hydrogens is 283 g/mol. The summed E-state index contributed by atoms with van der Waals surface area (Å²) in [6, 6.07) is 8.41. The number of rotatable bonds is 4. The second-order valence-corrected chi connectivity index (χ2v) is 5.10. The van der Waals surface area contributed by atoms with E-state index in [2.05, 4.69) is 5.32 Å². The minimum atomic E-state index is -1.18. The van der Waals surface area contributed by atoms with Crippen molar-refractivity contribution in [2.45, 2.75) is 10.9 Å². The lowest BCUT2D eigenvalue weighted by molar-refractivity contribution is 0.483. The summed E-state index contributed by atoms with van der Waals surface area (Å²) in [5.74, 6) is -3.00. The van der Waals surface area contributed by atoms with E-state index < -0.39 is 23.5 Å². The largest absolute Gasteiger partial charge is 0.309 e. The lowest BCUT2D eigenvalue weighted by Crippen LogP contribution is -2.20. The molecule has 106 valence electrons. The predicted molar refractivity (Wildman–Crippen MR) is 75.4 cm³/mol. The lowest BCUT2D eigenvalue weighted by atomic mass is 9.98. The van der Waals surface area contributed by atoms with Crippen molar-refractivity contribution in [1.82, 2.24) is 5.32 Å². The number of nitrogens with one attached hydrogen (secondary N) is 1. The van der Waals surface area contributed by atoms with Crippen molar-refractivity contribution in [2.24, 2.45) is 0 Å². The Hall–Kier alpha value is -1.46. The quantitative estimate of drug-likeness (QED) is 0.672. The van der Waals surface area contributed by atoms with E-state index in [-0.39, 0.29) is 5.56 Å². The van der Waals surface area contributed by atoms with Crippen LogP contribution < -0.4 is 5.32 Å². The van der Waals surface area contributed by atoms with Crippen molar-refractivity contribution in [2.75, 3.05) is 13.3 Å². The van der Waals surface area contributed by atoms with Crippen LogP contribution in [0, 0.1) is 17.5 Å². The first-order chi connectivity index (χ1) is 9.58. The molecule has 0 aliphatic carbocycles. The Morgan fingerprint density at radius 3 is 2.25 bits per heavy atom. The molecule has 2 rings (SSSR count). The van der Waals surface area contributed by atoms with Crippen molar-refractivity contribution in [3.63, 3.8) is 0 Å². The molecule has 1 N–H and O–H groups in total. The first-order valence-electron chi connectivity index (χ1n) is 6.03. The fourth-order valence-corrected chi connectivity index (χ4v) is 2.78. The molecule has 0 aliphatic heterocycles. The second kappa shape index (κ2) is 6.33. The average Bonchev–Trinajstić information content (AvgIpc) is 2.45. The van der Waals surface area contributed by atoms with Gasteiger partial charge in [-0.2, -0.15) is 0 Å². The molecule has 0 bridgehead atoms. The molecule has 0 aliphatic rings. The van der Waals surface area contributed by atoms with Crippen molar-refractivity contribution in [1.29, 1.82) is 0 Å². The van der Waals surface area contributed by atoms with Gasteiger partial charge >= 0.3 is 0 Å². The van der Waals surface area contributed by atoms with Crippen LogP contribution in [0.2, 0.25) is 0 Å². The number of benzene rings is 2. The highest BCUT2D eigenvalue weighted by molar-refractivity contribution is 7.98. The summed E-state index contributed by atoms with van der Waals surface area (Å²) in [6.45, 7) is 0. The first kappa shape index (κ1) is 14.9. The van der Waals surface area contributed by atoms with E-state index >= 15 is 0 Å². The number of hydrogen-bond donors (Lipinski definition) is 1. The predicted octanol–water partition coefficient (Wildman–Crippen LogP) is 4.13. The molecule has 0 saturated carbocycles. The van der Waals surface area contributed by atoms with Crippen LogP contribution >= 0.6 is 11.8 Å². The summed E-state index contributed by atoms with van der Waals surface area (Å²) >= 11 is 1.52. The summed E-state index contributed by atoms with van der Waals surface area (Å²) in [7, 11) is 1.66. The molecule has 0 fully saturated rings. The van der Waals surface area contributed by atoms with E-state index in [9.17, 15) is 13.2 Å². The number of thioether (sulfide) groups is 1. The third-order valence-electron chi connectivity index (χ3n) is 3.09. The maximum Gasteiger partial charge on any atom is 0.161 e. The zero-order valence-electron chi connectivity index (χ0n) is 11.1. The Bertz CT molecular complexity index is 616. The molecule has 0 saturated heterocycles. The highest BCUT2D eigenvalue weighted by atomic mass is 32.2. The fourth-order valence-electron chi connectivity index (χ4n) is 2.14. The summed E-state index contributed by atoms with van der Waals surface area (Å²) in [4.78, 5) is 0.955. The molecule has 1 unspecified atom stereocenters. The van der Waals surface area contributed by atoms with Crippen LogP contribution in [-0.2, 0) is 0 Å². The summed E-state index contributed by atoms with van der Waals surface area (Å²) < 4.78 is 40.4. The number of halogens is 3. The molecule has 5 heteroatoms. The van der Waals surface area contributed by atoms with E-state index in [1.807, 2.05) is 30.5 Å². The highest BCUT2D eigenvalue weighted by Gasteiger charge is 2.21. The van der Waals surface area contributed by atoms with Gasteiger partial charge in [0.05, 0.1) is 6.04 Å². The van der Waals surface area contributed by atoms with Crippen LogP contribution in [0.1, 0.15) is 17.2 Å². The van der Waals surface area contributed by atoms with Crippen molar-refractivity contribution in [3.8, 4) is 0 Å². The van der Waals surface area contributed by atoms with Gasteiger partial charge in [-0.1, -0.05) is 18.2 Å². The maximum absolute atomic E-state index is 13.9. The van der Waals surface area contributed by atoms with E-state index in [1.165, 1.54) is 11.8 Å². The van der Waals surface area contributed by atoms with Gasteiger partial charge in [-0.05, 0) is 31.0 Å². The summed E-state index contributed by atoms with van der Waals surface area (Å²) in [6.07, 6.45) is 1.91. The lowest BCUT2D eigenvalue weighted by Gasteiger charge is -2.20. The van der Waals surface area contributed by atoms with Gasteiger partial charge in [-0.3, -0.25) is 0 Å². The topological polar surface area (TPSA) is 12.0 Å². The van der Waals surface area contributed by atoms with Gasteiger partial charge < -0.3 is 5.32 Å². The Kier molecular flexibility index (Phi) is 4.73. The molecule has 0 aromatic heterocycles. The monoisotopic (exact) mass is 297 g/mol. The fraction of sp³-hybridized carbons (Fsp3) is 0.200. The minimum absolute atomic E-state index is 0.0906. The first-order valence-corrected chi connectivity index (χ1v) is 7.25. The molecule has 1 nitrogen and oxygen atoms in total. The Morgan fingerprint density at radius 1 is 0.950 bits per heavy atom. The Labute approximate surface area is 120 Å². The Balaban J connectivity index is 2.55. The van der Waals surface area contributed by atoms with Crippen molar-refractivity contribution < 1.29 is 13.2 Å². The molecule has 1 atom stereocenters. The van der Waals surface area contributed by atoms with Gasteiger partial charge in [0.1, 0.15) is 5.82 Å². The molecule has 2 aromatic rings. The molecule has 0 spiro atoms. The molecule has 2 aromatic carbocycles. The van der Waals surface area contributed by atoms with Gasteiger partial charge in [0.15, 0.2) is 11.6 Å². The SMILES string of the molecule is CNC(c1cc(F)c(F)cc1F)c1ccccc1SC. The van der Waals surface area contributed by atoms with Crippen LogP contribution in [0.15, 0.2) is 41.3 Å². The van der Waals surface area contributed by atoms with Gasteiger partial charge in [-0.15, -0.1) is 11.8 Å². The maximum atomic E-state index is 13.9. The summed E-state index contributed by atoms with van der Waals surface area (Å²) in [5.41, 5.74) is 0.917. The second-order valence-electron chi connectivity index (χ2n) is 4.25. The molecule has 20 heavy (non-hydrogen) atoms. The van der Waals surface area contributed by atoms with E-state index in [0.29, 0.717) is 6.07 Å². The van der Waals surface area contributed by atoms with E-state index in [0.717, 1.165) is 16.5 Å². The minimum Gasteiger partial charge on any atom is -0.309 e. The molecular formula is C15H14F3NS. The highest BCUT2D eigenvalue weighted by Crippen LogP contribution is 2.31. The van der Waals surface area contributed by atoms with Crippen LogP contribution in [-0.4, -0.2) is 13.3 Å². The number of hydrogen-bond acceptors (Lipinski definition) is 2. The zero-order chi connectivity index (χ0) is 14.7. The third kappa shape index (κ3) is 2.83.